The topological polar surface area (TPSA) is 86.2 Å². The summed E-state index contributed by atoms with van der Waals surface area (Å²) in [5.74, 6) is 1.41. The van der Waals surface area contributed by atoms with Gasteiger partial charge in [0.05, 0.1) is 29.5 Å². The molecule has 0 bridgehead atoms. The highest BCUT2D eigenvalue weighted by Gasteiger charge is 2.20. The molecular formula is C31H30N8. The highest BCUT2D eigenvalue weighted by Crippen LogP contribution is 2.30. The van der Waals surface area contributed by atoms with E-state index in [9.17, 15) is 5.26 Å². The Morgan fingerprint density at radius 1 is 0.897 bits per heavy atom. The second-order valence-electron chi connectivity index (χ2n) is 10.2. The van der Waals surface area contributed by atoms with E-state index in [1.54, 1.807) is 10.7 Å². The number of fused-ring (bicyclic) bond motifs is 1. The van der Waals surface area contributed by atoms with E-state index in [0.29, 0.717) is 22.7 Å². The average Bonchev–Trinajstić information content (AvgIpc) is 3.41. The summed E-state index contributed by atoms with van der Waals surface area (Å²) in [5, 5.41) is 14.2. The summed E-state index contributed by atoms with van der Waals surface area (Å²) in [4.78, 5) is 19.0. The maximum atomic E-state index is 9.73. The van der Waals surface area contributed by atoms with Crippen LogP contribution in [0.15, 0.2) is 79.4 Å². The third-order valence-corrected chi connectivity index (χ3v) is 7.32. The van der Waals surface area contributed by atoms with E-state index in [1.807, 2.05) is 36.8 Å². The van der Waals surface area contributed by atoms with Crippen molar-refractivity contribution in [2.45, 2.75) is 26.3 Å². The summed E-state index contributed by atoms with van der Waals surface area (Å²) in [6, 6.07) is 20.9. The van der Waals surface area contributed by atoms with Crippen LogP contribution in [-0.2, 0) is 6.54 Å². The smallest absolute Gasteiger partial charge is 0.128 e. The van der Waals surface area contributed by atoms with Gasteiger partial charge in [0.1, 0.15) is 23.0 Å². The number of rotatable bonds is 6. The van der Waals surface area contributed by atoms with Crippen LogP contribution >= 0.6 is 0 Å². The van der Waals surface area contributed by atoms with E-state index in [-0.39, 0.29) is 0 Å². The molecule has 0 radical (unpaired) electrons. The molecule has 39 heavy (non-hydrogen) atoms. The fourth-order valence-corrected chi connectivity index (χ4v) is 5.04. The van der Waals surface area contributed by atoms with Crippen LogP contribution in [0.25, 0.3) is 28.0 Å². The highest BCUT2D eigenvalue weighted by atomic mass is 15.3. The minimum Gasteiger partial charge on any atom is -0.354 e. The highest BCUT2D eigenvalue weighted by molar-refractivity contribution is 5.83. The largest absolute Gasteiger partial charge is 0.354 e. The third kappa shape index (κ3) is 5.09. The number of anilines is 1. The van der Waals surface area contributed by atoms with Gasteiger partial charge in [0.2, 0.25) is 0 Å². The Balaban J connectivity index is 1.25. The van der Waals surface area contributed by atoms with Crippen molar-refractivity contribution in [3.8, 4) is 28.6 Å². The molecule has 0 aliphatic carbocycles. The first-order chi connectivity index (χ1) is 19.1. The molecule has 6 rings (SSSR count). The predicted molar refractivity (Wildman–Crippen MR) is 152 cm³/mol. The molecule has 0 saturated carbocycles. The van der Waals surface area contributed by atoms with Crippen LogP contribution in [-0.4, -0.2) is 55.6 Å². The number of nitrogens with zero attached hydrogens (tertiary/aromatic N) is 8. The first kappa shape index (κ1) is 24.7. The van der Waals surface area contributed by atoms with Gasteiger partial charge in [0.15, 0.2) is 0 Å². The first-order valence-electron chi connectivity index (χ1n) is 13.3. The van der Waals surface area contributed by atoms with Gasteiger partial charge < -0.3 is 4.90 Å². The normalized spacial score (nSPS) is 14.2. The van der Waals surface area contributed by atoms with Gasteiger partial charge in [-0.2, -0.15) is 10.4 Å². The number of aromatic nitrogens is 5. The molecule has 5 aromatic rings. The lowest BCUT2D eigenvalue weighted by molar-refractivity contribution is 0.246. The molecule has 1 aromatic carbocycles. The molecule has 1 fully saturated rings. The monoisotopic (exact) mass is 514 g/mol. The zero-order valence-electron chi connectivity index (χ0n) is 22.2. The zero-order chi connectivity index (χ0) is 26.8. The van der Waals surface area contributed by atoms with Crippen molar-refractivity contribution in [2.75, 3.05) is 31.1 Å². The third-order valence-electron chi connectivity index (χ3n) is 7.32. The van der Waals surface area contributed by atoms with Crippen molar-refractivity contribution < 1.29 is 0 Å². The van der Waals surface area contributed by atoms with Crippen molar-refractivity contribution in [3.05, 3.63) is 96.2 Å². The lowest BCUT2D eigenvalue weighted by atomic mass is 10.0. The number of benzene rings is 1. The summed E-state index contributed by atoms with van der Waals surface area (Å²) in [6.07, 6.45) is 7.19. The molecule has 1 aliphatic heterocycles. The fraction of sp³-hybridized carbons (Fsp3) is 0.258. The molecule has 4 aromatic heterocycles. The van der Waals surface area contributed by atoms with Gasteiger partial charge in [-0.25, -0.2) is 14.5 Å². The Morgan fingerprint density at radius 2 is 1.69 bits per heavy atom. The van der Waals surface area contributed by atoms with Gasteiger partial charge in [-0.1, -0.05) is 44.2 Å². The van der Waals surface area contributed by atoms with Gasteiger partial charge in [-0.15, -0.1) is 0 Å². The molecule has 5 heterocycles. The van der Waals surface area contributed by atoms with E-state index < -0.39 is 0 Å². The van der Waals surface area contributed by atoms with Crippen molar-refractivity contribution in [3.63, 3.8) is 0 Å². The van der Waals surface area contributed by atoms with Crippen LogP contribution in [0.1, 0.15) is 36.6 Å². The Labute approximate surface area is 228 Å². The van der Waals surface area contributed by atoms with Crippen molar-refractivity contribution in [1.29, 1.82) is 5.26 Å². The molecule has 8 nitrogen and oxygen atoms in total. The van der Waals surface area contributed by atoms with Crippen molar-refractivity contribution in [1.82, 2.24) is 29.5 Å². The van der Waals surface area contributed by atoms with Gasteiger partial charge >= 0.3 is 0 Å². The number of pyridine rings is 2. The quantitative estimate of drug-likeness (QED) is 0.309. The average molecular weight is 515 g/mol. The van der Waals surface area contributed by atoms with Gasteiger partial charge in [-0.3, -0.25) is 9.88 Å². The maximum absolute atomic E-state index is 9.73. The van der Waals surface area contributed by atoms with Gasteiger partial charge in [0, 0.05) is 56.2 Å². The van der Waals surface area contributed by atoms with Crippen molar-refractivity contribution >= 4 is 11.3 Å². The van der Waals surface area contributed by atoms with Crippen LogP contribution < -0.4 is 4.90 Å². The van der Waals surface area contributed by atoms with Gasteiger partial charge in [-0.05, 0) is 35.7 Å². The lowest BCUT2D eigenvalue weighted by Gasteiger charge is -2.35. The van der Waals surface area contributed by atoms with Crippen LogP contribution in [0.3, 0.4) is 0 Å². The molecule has 0 N–H and O–H groups in total. The maximum Gasteiger partial charge on any atom is 0.128 e. The molecule has 0 spiro atoms. The summed E-state index contributed by atoms with van der Waals surface area (Å²) in [5.41, 5.74) is 6.93. The molecule has 8 heteroatoms. The Morgan fingerprint density at radius 3 is 2.36 bits per heavy atom. The summed E-state index contributed by atoms with van der Waals surface area (Å²) >= 11 is 0. The molecule has 1 aliphatic rings. The summed E-state index contributed by atoms with van der Waals surface area (Å²) in [6.45, 7) is 8.97. The zero-order valence-corrected chi connectivity index (χ0v) is 22.2. The second kappa shape index (κ2) is 10.6. The van der Waals surface area contributed by atoms with Crippen LogP contribution in [0.2, 0.25) is 0 Å². The second-order valence-corrected chi connectivity index (χ2v) is 10.2. The van der Waals surface area contributed by atoms with E-state index in [0.717, 1.165) is 61.1 Å². The summed E-state index contributed by atoms with van der Waals surface area (Å²) < 4.78 is 1.75. The minimum atomic E-state index is 0.461. The minimum absolute atomic E-state index is 0.461. The standard InChI is InChI=1S/C31H30N8/c1-22(2)23-6-8-24(9-7-23)28-21-39-31(26(17-32)19-35-39)30(36-28)25-10-11-29(34-18-25)38-15-13-37(14-16-38)20-27-5-3-4-12-33-27/h3-12,18-19,21-22H,13-16,20H2,1-2H3. The van der Waals surface area contributed by atoms with E-state index in [4.69, 9.17) is 9.97 Å². The van der Waals surface area contributed by atoms with Gasteiger partial charge in [0.25, 0.3) is 0 Å². The molecule has 0 amide bonds. The molecule has 0 atom stereocenters. The van der Waals surface area contributed by atoms with E-state index in [1.165, 1.54) is 5.56 Å². The van der Waals surface area contributed by atoms with Crippen LogP contribution in [0.5, 0.6) is 0 Å². The molecule has 0 unspecified atom stereocenters. The Bertz CT molecular complexity index is 1610. The van der Waals surface area contributed by atoms with E-state index >= 15 is 0 Å². The van der Waals surface area contributed by atoms with Crippen LogP contribution in [0, 0.1) is 11.3 Å². The lowest BCUT2D eigenvalue weighted by Crippen LogP contribution is -2.46. The molecular weight excluding hydrogens is 484 g/mol. The number of hydrogen-bond donors (Lipinski definition) is 0. The predicted octanol–water partition coefficient (Wildman–Crippen LogP) is 5.17. The SMILES string of the molecule is CC(C)c1ccc(-c2cn3ncc(C#N)c3c(-c3ccc(N4CCN(Cc5ccccn5)CC4)nc3)n2)cc1. The number of nitriles is 1. The summed E-state index contributed by atoms with van der Waals surface area (Å²) in [7, 11) is 0. The fourth-order valence-electron chi connectivity index (χ4n) is 5.04. The number of hydrogen-bond acceptors (Lipinski definition) is 7. The Kier molecular flexibility index (Phi) is 6.74. The number of piperazine rings is 1. The van der Waals surface area contributed by atoms with E-state index in [2.05, 4.69) is 76.2 Å². The first-order valence-corrected chi connectivity index (χ1v) is 13.3. The van der Waals surface area contributed by atoms with Crippen molar-refractivity contribution in [2.24, 2.45) is 0 Å². The van der Waals surface area contributed by atoms with Crippen LogP contribution in [0.4, 0.5) is 5.82 Å². The molecule has 194 valence electrons. The molecule has 1 saturated heterocycles. The Hall–Kier alpha value is -4.61.